The van der Waals surface area contributed by atoms with E-state index < -0.39 is 6.04 Å². The Balaban J connectivity index is 2.38. The molecule has 0 fully saturated rings. The average Bonchev–Trinajstić information content (AvgIpc) is 2.82. The summed E-state index contributed by atoms with van der Waals surface area (Å²) in [7, 11) is 0. The lowest BCUT2D eigenvalue weighted by Gasteiger charge is -2.12. The van der Waals surface area contributed by atoms with Gasteiger partial charge in [0.15, 0.2) is 0 Å². The van der Waals surface area contributed by atoms with E-state index in [0.29, 0.717) is 11.4 Å². The predicted molar refractivity (Wildman–Crippen MR) is 69.1 cm³/mol. The first-order valence-electron chi connectivity index (χ1n) is 5.38. The third-order valence-corrected chi connectivity index (χ3v) is 3.00. The van der Waals surface area contributed by atoms with Crippen LogP contribution in [0.5, 0.6) is 0 Å². The number of carbonyl (C=O) groups is 2. The van der Waals surface area contributed by atoms with Gasteiger partial charge in [0.2, 0.25) is 5.91 Å². The molecule has 1 atom stereocenters. The Morgan fingerprint density at radius 1 is 1.59 bits per heavy atom. The summed E-state index contributed by atoms with van der Waals surface area (Å²) in [5.74, 6) is -0.400. The zero-order valence-electron chi connectivity index (χ0n) is 9.73. The fraction of sp³-hybridized carbons (Fsp3) is 0.333. The molecule has 2 amide bonds. The molecule has 1 heterocycles. The van der Waals surface area contributed by atoms with Crippen molar-refractivity contribution >= 4 is 23.2 Å². The number of amides is 2. The van der Waals surface area contributed by atoms with Gasteiger partial charge in [-0.1, -0.05) is 12.1 Å². The Morgan fingerprint density at radius 2 is 2.35 bits per heavy atom. The maximum Gasteiger partial charge on any atom is 0.261 e. The van der Waals surface area contributed by atoms with Crippen LogP contribution in [-0.4, -0.2) is 24.4 Å². The van der Waals surface area contributed by atoms with Gasteiger partial charge in [-0.2, -0.15) is 0 Å². The van der Waals surface area contributed by atoms with Crippen LogP contribution in [0.15, 0.2) is 30.2 Å². The van der Waals surface area contributed by atoms with E-state index in [1.54, 1.807) is 25.1 Å². The van der Waals surface area contributed by atoms with Crippen LogP contribution in [0.25, 0.3) is 0 Å². The van der Waals surface area contributed by atoms with Crippen molar-refractivity contribution in [3.8, 4) is 0 Å². The summed E-state index contributed by atoms with van der Waals surface area (Å²) >= 11 is 1.35. The van der Waals surface area contributed by atoms with Crippen molar-refractivity contribution in [1.82, 2.24) is 10.6 Å². The molecule has 1 rings (SSSR count). The topological polar surface area (TPSA) is 58.2 Å². The maximum absolute atomic E-state index is 11.7. The molecular formula is C12H16N2O2S. The molecular weight excluding hydrogens is 236 g/mol. The van der Waals surface area contributed by atoms with Crippen molar-refractivity contribution in [3.05, 3.63) is 35.0 Å². The highest BCUT2D eigenvalue weighted by atomic mass is 32.1. The molecule has 92 valence electrons. The zero-order valence-corrected chi connectivity index (χ0v) is 10.5. The highest BCUT2D eigenvalue weighted by molar-refractivity contribution is 7.12. The van der Waals surface area contributed by atoms with Crippen LogP contribution in [0.1, 0.15) is 23.0 Å². The summed E-state index contributed by atoms with van der Waals surface area (Å²) in [5.41, 5.74) is 0. The maximum atomic E-state index is 11.7. The number of carbonyl (C=O) groups excluding carboxylic acids is 2. The fourth-order valence-electron chi connectivity index (χ4n) is 1.19. The second kappa shape index (κ2) is 6.85. The molecule has 2 N–H and O–H groups in total. The van der Waals surface area contributed by atoms with E-state index in [0.717, 1.165) is 6.42 Å². The average molecular weight is 252 g/mol. The molecule has 0 spiro atoms. The highest BCUT2D eigenvalue weighted by Gasteiger charge is 2.16. The largest absolute Gasteiger partial charge is 0.354 e. The molecule has 1 aromatic rings. The van der Waals surface area contributed by atoms with E-state index in [1.165, 1.54) is 11.3 Å². The molecule has 0 saturated heterocycles. The smallest absolute Gasteiger partial charge is 0.261 e. The first kappa shape index (κ1) is 13.4. The Hall–Kier alpha value is -1.62. The highest BCUT2D eigenvalue weighted by Crippen LogP contribution is 2.07. The first-order chi connectivity index (χ1) is 8.15. The molecule has 1 aromatic heterocycles. The standard InChI is InChI=1S/C12H16N2O2S/c1-3-4-7-13-11(15)9(2)14-12(16)10-6-5-8-17-10/h3,5-6,8-9H,1,4,7H2,2H3,(H,13,15)(H,14,16). The summed E-state index contributed by atoms with van der Waals surface area (Å²) in [6, 6.07) is 2.99. The van der Waals surface area contributed by atoms with Gasteiger partial charge in [-0.3, -0.25) is 9.59 Å². The van der Waals surface area contributed by atoms with E-state index in [2.05, 4.69) is 17.2 Å². The third kappa shape index (κ3) is 4.40. The van der Waals surface area contributed by atoms with Crippen molar-refractivity contribution in [1.29, 1.82) is 0 Å². The molecule has 0 bridgehead atoms. The van der Waals surface area contributed by atoms with Gasteiger partial charge >= 0.3 is 0 Å². The molecule has 0 saturated carbocycles. The van der Waals surface area contributed by atoms with E-state index in [-0.39, 0.29) is 11.8 Å². The minimum Gasteiger partial charge on any atom is -0.354 e. The normalized spacial score (nSPS) is 11.6. The summed E-state index contributed by atoms with van der Waals surface area (Å²) in [5, 5.41) is 7.18. The van der Waals surface area contributed by atoms with Crippen LogP contribution in [0.2, 0.25) is 0 Å². The second-order valence-electron chi connectivity index (χ2n) is 3.54. The molecule has 1 unspecified atom stereocenters. The number of thiophene rings is 1. The van der Waals surface area contributed by atoms with Gasteiger partial charge in [-0.05, 0) is 24.8 Å². The predicted octanol–water partition coefficient (Wildman–Crippen LogP) is 1.56. The van der Waals surface area contributed by atoms with Gasteiger partial charge in [-0.25, -0.2) is 0 Å². The van der Waals surface area contributed by atoms with E-state index in [9.17, 15) is 9.59 Å². The minimum absolute atomic E-state index is 0.184. The number of nitrogens with one attached hydrogen (secondary N) is 2. The SMILES string of the molecule is C=CCCNC(=O)C(C)NC(=O)c1cccs1. The Bertz CT molecular complexity index is 387. The second-order valence-corrected chi connectivity index (χ2v) is 4.49. The number of rotatable bonds is 6. The lowest BCUT2D eigenvalue weighted by Crippen LogP contribution is -2.44. The fourth-order valence-corrected chi connectivity index (χ4v) is 1.82. The summed E-state index contributed by atoms with van der Waals surface area (Å²) in [4.78, 5) is 23.8. The molecule has 17 heavy (non-hydrogen) atoms. The quantitative estimate of drug-likeness (QED) is 0.596. The van der Waals surface area contributed by atoms with E-state index >= 15 is 0 Å². The summed E-state index contributed by atoms with van der Waals surface area (Å²) in [6.07, 6.45) is 2.45. The van der Waals surface area contributed by atoms with Gasteiger partial charge in [0.25, 0.3) is 5.91 Å². The van der Waals surface area contributed by atoms with Crippen molar-refractivity contribution in [2.75, 3.05) is 6.54 Å². The molecule has 0 aliphatic heterocycles. The van der Waals surface area contributed by atoms with E-state index in [1.807, 2.05) is 5.38 Å². The van der Waals surface area contributed by atoms with Crippen molar-refractivity contribution in [2.45, 2.75) is 19.4 Å². The third-order valence-electron chi connectivity index (χ3n) is 2.13. The van der Waals surface area contributed by atoms with Crippen LogP contribution in [0.4, 0.5) is 0 Å². The van der Waals surface area contributed by atoms with Crippen LogP contribution in [-0.2, 0) is 4.79 Å². The van der Waals surface area contributed by atoms with Crippen LogP contribution >= 0.6 is 11.3 Å². The van der Waals surface area contributed by atoms with Gasteiger partial charge in [0.05, 0.1) is 4.88 Å². The Labute approximate surface area is 105 Å². The first-order valence-corrected chi connectivity index (χ1v) is 6.26. The monoisotopic (exact) mass is 252 g/mol. The molecule has 4 nitrogen and oxygen atoms in total. The molecule has 0 aliphatic carbocycles. The van der Waals surface area contributed by atoms with Gasteiger partial charge in [0, 0.05) is 6.54 Å². The molecule has 0 aliphatic rings. The minimum atomic E-state index is -0.533. The van der Waals surface area contributed by atoms with E-state index in [4.69, 9.17) is 0 Å². The molecule has 0 aromatic carbocycles. The van der Waals surface area contributed by atoms with Crippen LogP contribution in [0.3, 0.4) is 0 Å². The summed E-state index contributed by atoms with van der Waals surface area (Å²) < 4.78 is 0. The van der Waals surface area contributed by atoms with Gasteiger partial charge in [0.1, 0.15) is 6.04 Å². The van der Waals surface area contributed by atoms with Gasteiger partial charge < -0.3 is 10.6 Å². The van der Waals surface area contributed by atoms with Crippen molar-refractivity contribution in [2.24, 2.45) is 0 Å². The van der Waals surface area contributed by atoms with Crippen LogP contribution in [0, 0.1) is 0 Å². The Morgan fingerprint density at radius 3 is 2.94 bits per heavy atom. The van der Waals surface area contributed by atoms with Crippen molar-refractivity contribution < 1.29 is 9.59 Å². The Kier molecular flexibility index (Phi) is 5.42. The zero-order chi connectivity index (χ0) is 12.7. The molecule has 0 radical (unpaired) electrons. The number of hydrogen-bond donors (Lipinski definition) is 2. The lowest BCUT2D eigenvalue weighted by atomic mass is 10.3. The lowest BCUT2D eigenvalue weighted by molar-refractivity contribution is -0.122. The van der Waals surface area contributed by atoms with Crippen LogP contribution < -0.4 is 10.6 Å². The molecule has 5 heteroatoms. The van der Waals surface area contributed by atoms with Crippen molar-refractivity contribution in [3.63, 3.8) is 0 Å². The number of hydrogen-bond acceptors (Lipinski definition) is 3. The summed E-state index contributed by atoms with van der Waals surface area (Å²) in [6.45, 7) is 5.77. The van der Waals surface area contributed by atoms with Gasteiger partial charge in [-0.15, -0.1) is 17.9 Å².